The van der Waals surface area contributed by atoms with E-state index in [-0.39, 0.29) is 0 Å². The normalized spacial score (nSPS) is 30.2. The molecule has 0 bridgehead atoms. The second-order valence-corrected chi connectivity index (χ2v) is 5.95. The van der Waals surface area contributed by atoms with Crippen LogP contribution in [0.5, 0.6) is 0 Å². The quantitative estimate of drug-likeness (QED) is 0.767. The van der Waals surface area contributed by atoms with Crippen LogP contribution in [-0.4, -0.2) is 36.6 Å². The SMILES string of the molecule is CCCNC1CCN(C(C)C(C)CC)CC1C. The molecule has 4 atom stereocenters. The van der Waals surface area contributed by atoms with Gasteiger partial charge in [-0.15, -0.1) is 0 Å². The topological polar surface area (TPSA) is 15.3 Å². The van der Waals surface area contributed by atoms with Crippen LogP contribution in [-0.2, 0) is 0 Å². The second kappa shape index (κ2) is 7.38. The Bertz CT molecular complexity index is 205. The van der Waals surface area contributed by atoms with E-state index in [9.17, 15) is 0 Å². The molecule has 0 aliphatic carbocycles. The molecule has 0 aromatic rings. The fourth-order valence-corrected chi connectivity index (χ4v) is 2.88. The maximum absolute atomic E-state index is 3.70. The van der Waals surface area contributed by atoms with Gasteiger partial charge in [-0.05, 0) is 44.7 Å². The first kappa shape index (κ1) is 15.0. The Labute approximate surface area is 108 Å². The molecule has 1 rings (SSSR count). The van der Waals surface area contributed by atoms with Crippen LogP contribution < -0.4 is 5.32 Å². The number of likely N-dealkylation sites (tertiary alicyclic amines) is 1. The Hall–Kier alpha value is -0.0800. The molecule has 0 aromatic carbocycles. The van der Waals surface area contributed by atoms with Crippen LogP contribution in [0.4, 0.5) is 0 Å². The number of nitrogens with one attached hydrogen (secondary N) is 1. The molecule has 2 nitrogen and oxygen atoms in total. The number of rotatable bonds is 6. The molecule has 102 valence electrons. The van der Waals surface area contributed by atoms with Crippen LogP contribution in [0.15, 0.2) is 0 Å². The Morgan fingerprint density at radius 1 is 1.29 bits per heavy atom. The highest BCUT2D eigenvalue weighted by Gasteiger charge is 2.29. The summed E-state index contributed by atoms with van der Waals surface area (Å²) in [6.45, 7) is 15.5. The minimum atomic E-state index is 0.745. The summed E-state index contributed by atoms with van der Waals surface area (Å²) in [5, 5.41) is 3.70. The van der Waals surface area contributed by atoms with Crippen LogP contribution in [0.1, 0.15) is 53.9 Å². The number of hydrogen-bond donors (Lipinski definition) is 1. The van der Waals surface area contributed by atoms with E-state index < -0.39 is 0 Å². The van der Waals surface area contributed by atoms with Gasteiger partial charge in [0.15, 0.2) is 0 Å². The van der Waals surface area contributed by atoms with E-state index in [0.29, 0.717) is 0 Å². The lowest BCUT2D eigenvalue weighted by molar-refractivity contribution is 0.0848. The van der Waals surface area contributed by atoms with E-state index in [1.807, 2.05) is 0 Å². The molecule has 0 radical (unpaired) electrons. The molecule has 1 fully saturated rings. The van der Waals surface area contributed by atoms with E-state index >= 15 is 0 Å². The van der Waals surface area contributed by atoms with Gasteiger partial charge in [-0.3, -0.25) is 0 Å². The molecule has 1 N–H and O–H groups in total. The Morgan fingerprint density at radius 3 is 2.53 bits per heavy atom. The molecule has 0 spiro atoms. The maximum atomic E-state index is 3.70. The summed E-state index contributed by atoms with van der Waals surface area (Å²) in [5.74, 6) is 1.61. The fourth-order valence-electron chi connectivity index (χ4n) is 2.88. The monoisotopic (exact) mass is 240 g/mol. The van der Waals surface area contributed by atoms with E-state index in [0.717, 1.165) is 23.9 Å². The average Bonchev–Trinajstić information content (AvgIpc) is 2.35. The number of piperidine rings is 1. The predicted molar refractivity (Wildman–Crippen MR) is 76.4 cm³/mol. The van der Waals surface area contributed by atoms with Crippen molar-refractivity contribution >= 4 is 0 Å². The van der Waals surface area contributed by atoms with Crippen LogP contribution in [0, 0.1) is 11.8 Å². The van der Waals surface area contributed by atoms with Crippen LogP contribution in [0.2, 0.25) is 0 Å². The van der Waals surface area contributed by atoms with Gasteiger partial charge in [-0.2, -0.15) is 0 Å². The summed E-state index contributed by atoms with van der Waals surface area (Å²) < 4.78 is 0. The van der Waals surface area contributed by atoms with Crippen molar-refractivity contribution in [3.63, 3.8) is 0 Å². The molecule has 0 saturated carbocycles. The minimum Gasteiger partial charge on any atom is -0.314 e. The van der Waals surface area contributed by atoms with E-state index in [1.165, 1.54) is 38.9 Å². The van der Waals surface area contributed by atoms with E-state index in [4.69, 9.17) is 0 Å². The lowest BCUT2D eigenvalue weighted by Crippen LogP contribution is -2.52. The van der Waals surface area contributed by atoms with E-state index in [1.54, 1.807) is 0 Å². The molecule has 1 heterocycles. The van der Waals surface area contributed by atoms with Gasteiger partial charge in [-0.25, -0.2) is 0 Å². The lowest BCUT2D eigenvalue weighted by atomic mass is 9.90. The van der Waals surface area contributed by atoms with Gasteiger partial charge < -0.3 is 10.2 Å². The molecule has 0 amide bonds. The first-order valence-corrected chi connectivity index (χ1v) is 7.57. The van der Waals surface area contributed by atoms with Gasteiger partial charge in [0.25, 0.3) is 0 Å². The molecule has 2 heteroatoms. The van der Waals surface area contributed by atoms with E-state index in [2.05, 4.69) is 44.8 Å². The lowest BCUT2D eigenvalue weighted by Gasteiger charge is -2.42. The molecule has 1 saturated heterocycles. The van der Waals surface area contributed by atoms with Crippen molar-refractivity contribution in [2.75, 3.05) is 19.6 Å². The summed E-state index contributed by atoms with van der Waals surface area (Å²) >= 11 is 0. The van der Waals surface area contributed by atoms with Gasteiger partial charge >= 0.3 is 0 Å². The maximum Gasteiger partial charge on any atom is 0.0117 e. The Balaban J connectivity index is 2.40. The Kier molecular flexibility index (Phi) is 6.50. The van der Waals surface area contributed by atoms with Crippen molar-refractivity contribution in [3.05, 3.63) is 0 Å². The van der Waals surface area contributed by atoms with Gasteiger partial charge in [0.05, 0.1) is 0 Å². The van der Waals surface area contributed by atoms with Crippen molar-refractivity contribution in [3.8, 4) is 0 Å². The summed E-state index contributed by atoms with van der Waals surface area (Å²) in [5.41, 5.74) is 0. The zero-order valence-corrected chi connectivity index (χ0v) is 12.5. The summed E-state index contributed by atoms with van der Waals surface area (Å²) in [4.78, 5) is 2.70. The number of hydrogen-bond acceptors (Lipinski definition) is 2. The highest BCUT2D eigenvalue weighted by molar-refractivity contribution is 4.85. The molecule has 4 unspecified atom stereocenters. The molecule has 0 aromatic heterocycles. The first-order chi connectivity index (χ1) is 8.10. The molecule has 17 heavy (non-hydrogen) atoms. The minimum absolute atomic E-state index is 0.745. The molecule has 1 aliphatic heterocycles. The highest BCUT2D eigenvalue weighted by Crippen LogP contribution is 2.22. The zero-order valence-electron chi connectivity index (χ0n) is 12.5. The molecular formula is C15H32N2. The predicted octanol–water partition coefficient (Wildman–Crippen LogP) is 3.13. The van der Waals surface area contributed by atoms with Crippen molar-refractivity contribution in [2.24, 2.45) is 11.8 Å². The van der Waals surface area contributed by atoms with Crippen LogP contribution >= 0.6 is 0 Å². The Morgan fingerprint density at radius 2 is 2.00 bits per heavy atom. The highest BCUT2D eigenvalue weighted by atomic mass is 15.2. The molecular weight excluding hydrogens is 208 g/mol. The van der Waals surface area contributed by atoms with Gasteiger partial charge in [0.1, 0.15) is 0 Å². The molecule has 1 aliphatic rings. The van der Waals surface area contributed by atoms with Crippen molar-refractivity contribution in [1.29, 1.82) is 0 Å². The third kappa shape index (κ3) is 4.26. The summed E-state index contributed by atoms with van der Waals surface area (Å²) in [6, 6.07) is 1.49. The fraction of sp³-hybridized carbons (Fsp3) is 1.00. The van der Waals surface area contributed by atoms with Crippen molar-refractivity contribution in [1.82, 2.24) is 10.2 Å². The van der Waals surface area contributed by atoms with Gasteiger partial charge in [0.2, 0.25) is 0 Å². The van der Waals surface area contributed by atoms with Gasteiger partial charge in [0, 0.05) is 18.6 Å². The van der Waals surface area contributed by atoms with Crippen LogP contribution in [0.3, 0.4) is 0 Å². The third-order valence-corrected chi connectivity index (χ3v) is 4.64. The number of nitrogens with zero attached hydrogens (tertiary/aromatic N) is 1. The van der Waals surface area contributed by atoms with Gasteiger partial charge in [-0.1, -0.05) is 34.1 Å². The zero-order chi connectivity index (χ0) is 12.8. The second-order valence-electron chi connectivity index (χ2n) is 5.95. The van der Waals surface area contributed by atoms with Crippen LogP contribution in [0.25, 0.3) is 0 Å². The summed E-state index contributed by atoms with van der Waals surface area (Å²) in [6.07, 6.45) is 3.86. The summed E-state index contributed by atoms with van der Waals surface area (Å²) in [7, 11) is 0. The smallest absolute Gasteiger partial charge is 0.0117 e. The first-order valence-electron chi connectivity index (χ1n) is 7.57. The largest absolute Gasteiger partial charge is 0.314 e. The third-order valence-electron chi connectivity index (χ3n) is 4.64. The standard InChI is InChI=1S/C15H32N2/c1-6-9-16-15-8-10-17(11-13(15)4)14(5)12(3)7-2/h12-16H,6-11H2,1-5H3. The average molecular weight is 240 g/mol. The van der Waals surface area contributed by atoms with Crippen molar-refractivity contribution in [2.45, 2.75) is 66.0 Å². The van der Waals surface area contributed by atoms with Crippen molar-refractivity contribution < 1.29 is 0 Å².